The molecule has 0 saturated heterocycles. The topological polar surface area (TPSA) is 60.3 Å². The zero-order valence-electron chi connectivity index (χ0n) is 14.9. The van der Waals surface area contributed by atoms with E-state index in [1.165, 1.54) is 25.3 Å². The fraction of sp³-hybridized carbons (Fsp3) is 0.368. The summed E-state index contributed by atoms with van der Waals surface area (Å²) in [4.78, 5) is 25.2. The van der Waals surface area contributed by atoms with E-state index in [1.807, 2.05) is 0 Å². The predicted octanol–water partition coefficient (Wildman–Crippen LogP) is 3.60. The van der Waals surface area contributed by atoms with Crippen molar-refractivity contribution in [2.45, 2.75) is 33.7 Å². The van der Waals surface area contributed by atoms with Crippen LogP contribution in [0.3, 0.4) is 0 Å². The second kappa shape index (κ2) is 7.96. The van der Waals surface area contributed by atoms with Gasteiger partial charge in [-0.2, -0.15) is 0 Å². The summed E-state index contributed by atoms with van der Waals surface area (Å²) in [5, 5.41) is 2.63. The molecule has 25 heavy (non-hydrogen) atoms. The molecule has 0 radical (unpaired) electrons. The number of anilines is 1. The molecular weight excluding hydrogens is 323 g/mol. The number of hydrogen-bond donors (Lipinski definition) is 1. The summed E-state index contributed by atoms with van der Waals surface area (Å²) >= 11 is 0. The molecule has 1 heterocycles. The summed E-state index contributed by atoms with van der Waals surface area (Å²) in [6.45, 7) is 6.43. The number of carbonyl (C=O) groups excluding carboxylic acids is 1. The minimum atomic E-state index is -0.521. The summed E-state index contributed by atoms with van der Waals surface area (Å²) < 4.78 is 19.9. The number of halogens is 1. The number of nitrogens with one attached hydrogen (secondary N) is 1. The number of ether oxygens (including phenoxy) is 1. The molecule has 1 N–H and O–H groups in total. The number of methoxy groups -OCH3 is 1. The van der Waals surface area contributed by atoms with Gasteiger partial charge in [-0.3, -0.25) is 9.59 Å². The highest BCUT2D eigenvalue weighted by molar-refractivity contribution is 6.05. The quantitative estimate of drug-likeness (QED) is 0.869. The van der Waals surface area contributed by atoms with Crippen molar-refractivity contribution < 1.29 is 13.9 Å². The fourth-order valence-corrected chi connectivity index (χ4v) is 2.45. The largest absolute Gasteiger partial charge is 0.494 e. The van der Waals surface area contributed by atoms with Crippen molar-refractivity contribution >= 4 is 11.6 Å². The van der Waals surface area contributed by atoms with Gasteiger partial charge in [-0.1, -0.05) is 13.8 Å². The Balaban J connectivity index is 2.29. The third kappa shape index (κ3) is 4.47. The van der Waals surface area contributed by atoms with E-state index < -0.39 is 11.7 Å². The molecule has 1 aromatic heterocycles. The van der Waals surface area contributed by atoms with Gasteiger partial charge in [-0.05, 0) is 43.0 Å². The molecule has 0 bridgehead atoms. The fourth-order valence-electron chi connectivity index (χ4n) is 2.45. The number of aryl methyl sites for hydroxylation is 2. The Kier molecular flexibility index (Phi) is 5.96. The number of hydrogen-bond acceptors (Lipinski definition) is 3. The third-order valence-electron chi connectivity index (χ3n) is 3.96. The Bertz CT molecular complexity index is 828. The van der Waals surface area contributed by atoms with Crippen LogP contribution in [-0.2, 0) is 6.54 Å². The maximum atomic E-state index is 13.5. The first-order valence-corrected chi connectivity index (χ1v) is 8.18. The average molecular weight is 346 g/mol. The highest BCUT2D eigenvalue weighted by Crippen LogP contribution is 2.22. The number of carbonyl (C=O) groups is 1. The molecule has 6 heteroatoms. The van der Waals surface area contributed by atoms with Crippen molar-refractivity contribution in [1.29, 1.82) is 0 Å². The van der Waals surface area contributed by atoms with Crippen LogP contribution < -0.4 is 15.6 Å². The van der Waals surface area contributed by atoms with Crippen LogP contribution in [0.15, 0.2) is 35.3 Å². The standard InChI is InChI=1S/C19H23FN2O3/c1-12(2)7-9-22-10-8-13(3)17(19(22)24)18(23)21-14-5-6-15(20)16(11-14)25-4/h5-6,8,10-12H,7,9H2,1-4H3,(H,21,23). The molecule has 0 spiro atoms. The summed E-state index contributed by atoms with van der Waals surface area (Å²) in [7, 11) is 1.35. The molecule has 0 aliphatic carbocycles. The minimum Gasteiger partial charge on any atom is -0.494 e. The zero-order valence-corrected chi connectivity index (χ0v) is 14.9. The molecular formula is C19H23FN2O3. The number of benzene rings is 1. The van der Waals surface area contributed by atoms with E-state index in [1.54, 1.807) is 23.8 Å². The van der Waals surface area contributed by atoms with Crippen LogP contribution in [0, 0.1) is 18.7 Å². The zero-order chi connectivity index (χ0) is 18.6. The molecule has 2 rings (SSSR count). The van der Waals surface area contributed by atoms with Crippen LogP contribution in [0.5, 0.6) is 5.75 Å². The Labute approximate surface area is 146 Å². The Hall–Kier alpha value is -2.63. The summed E-state index contributed by atoms with van der Waals surface area (Å²) in [5.41, 5.74) is 0.721. The normalized spacial score (nSPS) is 10.8. The van der Waals surface area contributed by atoms with Gasteiger partial charge in [0.05, 0.1) is 7.11 Å². The van der Waals surface area contributed by atoms with Gasteiger partial charge in [-0.25, -0.2) is 4.39 Å². The number of nitrogens with zero attached hydrogens (tertiary/aromatic N) is 1. The molecule has 0 saturated carbocycles. The second-order valence-corrected chi connectivity index (χ2v) is 6.36. The van der Waals surface area contributed by atoms with Gasteiger partial charge in [0, 0.05) is 24.5 Å². The third-order valence-corrected chi connectivity index (χ3v) is 3.96. The number of aromatic nitrogens is 1. The van der Waals surface area contributed by atoms with Crippen LogP contribution in [0.25, 0.3) is 0 Å². The van der Waals surface area contributed by atoms with Gasteiger partial charge in [0.25, 0.3) is 11.5 Å². The minimum absolute atomic E-state index is 0.0249. The van der Waals surface area contributed by atoms with Gasteiger partial charge < -0.3 is 14.6 Å². The Morgan fingerprint density at radius 1 is 1.32 bits per heavy atom. The molecule has 134 valence electrons. The number of pyridine rings is 1. The molecule has 1 aromatic carbocycles. The van der Waals surface area contributed by atoms with Crippen LogP contribution in [0.2, 0.25) is 0 Å². The van der Waals surface area contributed by atoms with E-state index in [4.69, 9.17) is 4.74 Å². The van der Waals surface area contributed by atoms with Crippen molar-refractivity contribution in [3.05, 3.63) is 57.8 Å². The van der Waals surface area contributed by atoms with Gasteiger partial charge >= 0.3 is 0 Å². The van der Waals surface area contributed by atoms with E-state index >= 15 is 0 Å². The maximum absolute atomic E-state index is 13.5. The highest BCUT2D eigenvalue weighted by Gasteiger charge is 2.17. The molecule has 0 atom stereocenters. The Morgan fingerprint density at radius 2 is 2.04 bits per heavy atom. The lowest BCUT2D eigenvalue weighted by Crippen LogP contribution is -2.30. The number of rotatable bonds is 6. The first-order chi connectivity index (χ1) is 11.8. The van der Waals surface area contributed by atoms with E-state index in [2.05, 4.69) is 19.2 Å². The number of amides is 1. The van der Waals surface area contributed by atoms with Gasteiger partial charge in [0.1, 0.15) is 5.56 Å². The molecule has 0 unspecified atom stereocenters. The van der Waals surface area contributed by atoms with Gasteiger partial charge in [0.15, 0.2) is 11.6 Å². The molecule has 0 aliphatic heterocycles. The van der Waals surface area contributed by atoms with E-state index in [9.17, 15) is 14.0 Å². The van der Waals surface area contributed by atoms with Crippen molar-refractivity contribution in [3.63, 3.8) is 0 Å². The van der Waals surface area contributed by atoms with Crippen LogP contribution in [0.4, 0.5) is 10.1 Å². The average Bonchev–Trinajstić information content (AvgIpc) is 2.55. The van der Waals surface area contributed by atoms with Gasteiger partial charge in [0.2, 0.25) is 0 Å². The monoisotopic (exact) mass is 346 g/mol. The van der Waals surface area contributed by atoms with Crippen molar-refractivity contribution in [3.8, 4) is 5.75 Å². The van der Waals surface area contributed by atoms with E-state index in [0.717, 1.165) is 6.42 Å². The molecule has 0 fully saturated rings. The first kappa shape index (κ1) is 18.7. The lowest BCUT2D eigenvalue weighted by molar-refractivity contribution is 0.102. The van der Waals surface area contributed by atoms with Crippen molar-refractivity contribution in [2.24, 2.45) is 5.92 Å². The smallest absolute Gasteiger partial charge is 0.263 e. The predicted molar refractivity (Wildman–Crippen MR) is 95.8 cm³/mol. The molecule has 0 aliphatic rings. The second-order valence-electron chi connectivity index (χ2n) is 6.36. The maximum Gasteiger partial charge on any atom is 0.263 e. The van der Waals surface area contributed by atoms with Crippen LogP contribution in [-0.4, -0.2) is 17.6 Å². The van der Waals surface area contributed by atoms with Gasteiger partial charge in [-0.15, -0.1) is 0 Å². The summed E-state index contributed by atoms with van der Waals surface area (Å²) in [6.07, 6.45) is 2.55. The Morgan fingerprint density at radius 3 is 2.68 bits per heavy atom. The lowest BCUT2D eigenvalue weighted by Gasteiger charge is -2.12. The van der Waals surface area contributed by atoms with Crippen LogP contribution in [0.1, 0.15) is 36.2 Å². The SMILES string of the molecule is COc1cc(NC(=O)c2c(C)ccn(CCC(C)C)c2=O)ccc1F. The van der Waals surface area contributed by atoms with Crippen LogP contribution >= 0.6 is 0 Å². The molecule has 5 nitrogen and oxygen atoms in total. The molecule has 1 amide bonds. The van der Waals surface area contributed by atoms with Crippen molar-refractivity contribution in [1.82, 2.24) is 4.57 Å². The first-order valence-electron chi connectivity index (χ1n) is 8.18. The lowest BCUT2D eigenvalue weighted by atomic mass is 10.1. The molecule has 2 aromatic rings. The highest BCUT2D eigenvalue weighted by atomic mass is 19.1. The van der Waals surface area contributed by atoms with Crippen molar-refractivity contribution in [2.75, 3.05) is 12.4 Å². The summed E-state index contributed by atoms with van der Waals surface area (Å²) in [6, 6.07) is 5.75. The van der Waals surface area contributed by atoms with E-state index in [0.29, 0.717) is 23.7 Å². The summed E-state index contributed by atoms with van der Waals surface area (Å²) in [5.74, 6) is -0.559. The van der Waals surface area contributed by atoms with E-state index in [-0.39, 0.29) is 16.9 Å².